The van der Waals surface area contributed by atoms with Crippen molar-refractivity contribution in [3.05, 3.63) is 51.4 Å². The highest BCUT2D eigenvalue weighted by Crippen LogP contribution is 2.27. The second kappa shape index (κ2) is 8.41. The Bertz CT molecular complexity index is 939. The summed E-state index contributed by atoms with van der Waals surface area (Å²) in [5.74, 6) is 0.680. The lowest BCUT2D eigenvalue weighted by Crippen LogP contribution is -2.24. The van der Waals surface area contributed by atoms with Crippen molar-refractivity contribution >= 4 is 23.1 Å². The largest absolute Gasteiger partial charge is 0.376 e. The molecule has 8 heteroatoms. The Labute approximate surface area is 166 Å². The van der Waals surface area contributed by atoms with Crippen molar-refractivity contribution in [3.63, 3.8) is 0 Å². The van der Waals surface area contributed by atoms with Gasteiger partial charge in [-0.15, -0.1) is 16.4 Å². The van der Waals surface area contributed by atoms with Crippen LogP contribution in [0.3, 0.4) is 0 Å². The van der Waals surface area contributed by atoms with E-state index in [9.17, 15) is 4.79 Å². The molecule has 1 unspecified atom stereocenters. The van der Waals surface area contributed by atoms with Crippen molar-refractivity contribution in [3.8, 4) is 10.6 Å². The molecule has 3 aromatic rings. The van der Waals surface area contributed by atoms with Gasteiger partial charge < -0.3 is 4.74 Å². The van der Waals surface area contributed by atoms with Gasteiger partial charge >= 0.3 is 5.69 Å². The van der Waals surface area contributed by atoms with E-state index in [1.807, 2.05) is 0 Å². The second-order valence-electron chi connectivity index (χ2n) is 6.54. The maximum Gasteiger partial charge on any atom is 0.344 e. The van der Waals surface area contributed by atoms with Gasteiger partial charge in [-0.2, -0.15) is 0 Å². The van der Waals surface area contributed by atoms with Crippen LogP contribution in [-0.4, -0.2) is 32.5 Å². The van der Waals surface area contributed by atoms with Crippen LogP contribution < -0.4 is 5.69 Å². The van der Waals surface area contributed by atoms with E-state index in [2.05, 4.69) is 46.8 Å². The van der Waals surface area contributed by atoms with Gasteiger partial charge in [0.05, 0.1) is 18.3 Å². The van der Waals surface area contributed by atoms with Crippen LogP contribution in [0.15, 0.2) is 39.6 Å². The van der Waals surface area contributed by atoms with E-state index in [0.717, 1.165) is 42.1 Å². The number of hydrogen-bond donors (Lipinski definition) is 1. The summed E-state index contributed by atoms with van der Waals surface area (Å²) in [6, 6.07) is 8.56. The zero-order chi connectivity index (χ0) is 18.6. The molecule has 0 amide bonds. The summed E-state index contributed by atoms with van der Waals surface area (Å²) in [4.78, 5) is 16.8. The SMILES string of the molecule is CCc1ccc(-c2nc(CSc3n[nH]c(=O)n3CC3CCCO3)cs2)cc1. The molecule has 4 rings (SSSR count). The van der Waals surface area contributed by atoms with Gasteiger partial charge in [0.15, 0.2) is 5.16 Å². The number of benzene rings is 1. The summed E-state index contributed by atoms with van der Waals surface area (Å²) < 4.78 is 7.32. The second-order valence-corrected chi connectivity index (χ2v) is 8.34. The Hall–Kier alpha value is -1.90. The van der Waals surface area contributed by atoms with Crippen LogP contribution in [0.1, 0.15) is 31.0 Å². The molecular weight excluding hydrogens is 380 g/mol. The van der Waals surface area contributed by atoms with Gasteiger partial charge in [-0.05, 0) is 24.8 Å². The highest BCUT2D eigenvalue weighted by molar-refractivity contribution is 7.98. The Morgan fingerprint density at radius 2 is 2.22 bits per heavy atom. The maximum absolute atomic E-state index is 12.0. The zero-order valence-corrected chi connectivity index (χ0v) is 16.8. The minimum Gasteiger partial charge on any atom is -0.376 e. The first-order valence-electron chi connectivity index (χ1n) is 9.16. The third kappa shape index (κ3) is 4.34. The van der Waals surface area contributed by atoms with Gasteiger partial charge in [-0.25, -0.2) is 14.9 Å². The molecule has 1 aromatic carbocycles. The number of thiazole rings is 1. The Morgan fingerprint density at radius 1 is 1.37 bits per heavy atom. The number of nitrogens with zero attached hydrogens (tertiary/aromatic N) is 3. The number of hydrogen-bond acceptors (Lipinski definition) is 6. The van der Waals surface area contributed by atoms with Gasteiger partial charge in [-0.1, -0.05) is 43.0 Å². The van der Waals surface area contributed by atoms with Crippen molar-refractivity contribution < 1.29 is 4.74 Å². The van der Waals surface area contributed by atoms with Crippen LogP contribution in [0.5, 0.6) is 0 Å². The Morgan fingerprint density at radius 3 is 2.96 bits per heavy atom. The number of rotatable bonds is 7. The van der Waals surface area contributed by atoms with Crippen LogP contribution in [0.25, 0.3) is 10.6 Å². The molecule has 1 aliphatic heterocycles. The third-order valence-corrected chi connectivity index (χ3v) is 6.59. The summed E-state index contributed by atoms with van der Waals surface area (Å²) >= 11 is 3.17. The average Bonchev–Trinajstić information content (AvgIpc) is 3.44. The molecule has 0 radical (unpaired) electrons. The summed E-state index contributed by atoms with van der Waals surface area (Å²) in [7, 11) is 0. The highest BCUT2D eigenvalue weighted by Gasteiger charge is 2.20. The molecule has 0 bridgehead atoms. The number of ether oxygens (including phenoxy) is 1. The predicted octanol–water partition coefficient (Wildman–Crippen LogP) is 3.73. The summed E-state index contributed by atoms with van der Waals surface area (Å²) in [6.07, 6.45) is 3.20. The van der Waals surface area contributed by atoms with Crippen molar-refractivity contribution in [2.75, 3.05) is 6.61 Å². The van der Waals surface area contributed by atoms with E-state index < -0.39 is 0 Å². The lowest BCUT2D eigenvalue weighted by atomic mass is 10.1. The maximum atomic E-state index is 12.0. The molecule has 1 N–H and O–H groups in total. The number of thioether (sulfide) groups is 1. The molecule has 1 aliphatic rings. The standard InChI is InChI=1S/C19H22N4O2S2/c1-2-13-5-7-14(8-6-13)17-20-15(11-26-17)12-27-19-22-21-18(24)23(19)10-16-4-3-9-25-16/h5-8,11,16H,2-4,9-10,12H2,1H3,(H,21,24). The number of H-pyrrole nitrogens is 1. The number of aromatic nitrogens is 4. The summed E-state index contributed by atoms with van der Waals surface area (Å²) in [6.45, 7) is 3.49. The van der Waals surface area contributed by atoms with Crippen LogP contribution in [0.4, 0.5) is 0 Å². The molecule has 1 saturated heterocycles. The minimum absolute atomic E-state index is 0.108. The van der Waals surface area contributed by atoms with Gasteiger partial charge in [0, 0.05) is 23.3 Å². The number of aryl methyl sites for hydroxylation is 1. The minimum atomic E-state index is -0.178. The monoisotopic (exact) mass is 402 g/mol. The fourth-order valence-electron chi connectivity index (χ4n) is 3.09. The smallest absolute Gasteiger partial charge is 0.344 e. The molecule has 142 valence electrons. The van der Waals surface area contributed by atoms with E-state index in [1.54, 1.807) is 15.9 Å². The fourth-order valence-corrected chi connectivity index (χ4v) is 4.87. The van der Waals surface area contributed by atoms with Crippen LogP contribution in [-0.2, 0) is 23.5 Å². The number of aromatic amines is 1. The van der Waals surface area contributed by atoms with Crippen LogP contribution in [0, 0.1) is 0 Å². The van der Waals surface area contributed by atoms with Crippen molar-refractivity contribution in [1.29, 1.82) is 0 Å². The molecule has 27 heavy (non-hydrogen) atoms. The predicted molar refractivity (Wildman–Crippen MR) is 108 cm³/mol. The van der Waals surface area contributed by atoms with E-state index in [-0.39, 0.29) is 11.8 Å². The number of nitrogens with one attached hydrogen (secondary N) is 1. The third-order valence-electron chi connectivity index (χ3n) is 4.64. The quantitative estimate of drug-likeness (QED) is 0.610. The first kappa shape index (κ1) is 18.5. The van der Waals surface area contributed by atoms with E-state index in [0.29, 0.717) is 17.5 Å². The van der Waals surface area contributed by atoms with Crippen molar-refractivity contribution in [2.24, 2.45) is 0 Å². The molecule has 0 saturated carbocycles. The average molecular weight is 403 g/mol. The van der Waals surface area contributed by atoms with Gasteiger partial charge in [0.1, 0.15) is 5.01 Å². The van der Waals surface area contributed by atoms with Gasteiger partial charge in [-0.3, -0.25) is 4.57 Å². The lowest BCUT2D eigenvalue weighted by molar-refractivity contribution is 0.0941. The Balaban J connectivity index is 1.42. The first-order valence-corrected chi connectivity index (χ1v) is 11.0. The molecule has 6 nitrogen and oxygen atoms in total. The zero-order valence-electron chi connectivity index (χ0n) is 15.2. The van der Waals surface area contributed by atoms with E-state index >= 15 is 0 Å². The Kier molecular flexibility index (Phi) is 5.75. The first-order chi connectivity index (χ1) is 13.2. The summed E-state index contributed by atoms with van der Waals surface area (Å²) in [5, 5.41) is 10.5. The molecular formula is C19H22N4O2S2. The highest BCUT2D eigenvalue weighted by atomic mass is 32.2. The molecule has 0 spiro atoms. The van der Waals surface area contributed by atoms with Crippen molar-refractivity contribution in [1.82, 2.24) is 19.7 Å². The van der Waals surface area contributed by atoms with Crippen molar-refractivity contribution in [2.45, 2.75) is 49.7 Å². The van der Waals surface area contributed by atoms with Gasteiger partial charge in [0.25, 0.3) is 0 Å². The lowest BCUT2D eigenvalue weighted by Gasteiger charge is -2.10. The molecule has 0 aliphatic carbocycles. The topological polar surface area (TPSA) is 72.8 Å². The van der Waals surface area contributed by atoms with E-state index in [1.165, 1.54) is 17.3 Å². The molecule has 3 heterocycles. The molecule has 1 atom stereocenters. The normalized spacial score (nSPS) is 16.9. The van der Waals surface area contributed by atoms with Crippen LogP contribution in [0.2, 0.25) is 0 Å². The fraction of sp³-hybridized carbons (Fsp3) is 0.421. The molecule has 2 aromatic heterocycles. The summed E-state index contributed by atoms with van der Waals surface area (Å²) in [5.41, 5.74) is 3.29. The van der Waals surface area contributed by atoms with E-state index in [4.69, 9.17) is 9.72 Å². The van der Waals surface area contributed by atoms with Gasteiger partial charge in [0.2, 0.25) is 0 Å². The molecule has 1 fully saturated rings. The van der Waals surface area contributed by atoms with Crippen LogP contribution >= 0.6 is 23.1 Å².